The molecule has 0 aromatic rings. The first-order valence-electron chi connectivity index (χ1n) is 6.26. The first-order valence-corrected chi connectivity index (χ1v) is 6.26. The third-order valence-electron chi connectivity index (χ3n) is 3.93. The van der Waals surface area contributed by atoms with Crippen molar-refractivity contribution >= 4 is 17.8 Å². The number of likely N-dealkylation sites (N-methyl/N-ethyl adjacent to an activating group) is 1. The van der Waals surface area contributed by atoms with E-state index in [-0.39, 0.29) is 24.2 Å². The maximum atomic E-state index is 12.0. The van der Waals surface area contributed by atoms with Crippen LogP contribution in [0.4, 0.5) is 0 Å². The summed E-state index contributed by atoms with van der Waals surface area (Å²) in [6.45, 7) is 4.96. The normalized spacial score (nSPS) is 33.4. The Balaban J connectivity index is 2.09. The molecule has 2 fully saturated rings. The maximum Gasteiger partial charge on any atom is 0.308 e. The molecular formula is C12H18N2O4. The molecule has 0 aromatic heterocycles. The number of carboxylic acid groups (broad SMARTS) is 1. The van der Waals surface area contributed by atoms with E-state index in [1.807, 2.05) is 11.8 Å². The number of likely N-dealkylation sites (tertiary alicyclic amines) is 2. The molecule has 2 rings (SSSR count). The number of hydrogen-bond donors (Lipinski definition) is 1. The number of imide groups is 1. The Bertz CT molecular complexity index is 396. The van der Waals surface area contributed by atoms with E-state index in [9.17, 15) is 14.4 Å². The molecule has 3 atom stereocenters. The van der Waals surface area contributed by atoms with Gasteiger partial charge in [-0.25, -0.2) is 0 Å². The minimum Gasteiger partial charge on any atom is -0.481 e. The van der Waals surface area contributed by atoms with Gasteiger partial charge >= 0.3 is 5.97 Å². The number of carbonyl (C=O) groups excluding carboxylic acids is 2. The van der Waals surface area contributed by atoms with Gasteiger partial charge in [-0.1, -0.05) is 6.92 Å². The fourth-order valence-corrected chi connectivity index (χ4v) is 2.86. The minimum atomic E-state index is -0.825. The van der Waals surface area contributed by atoms with Crippen LogP contribution in [0.1, 0.15) is 20.3 Å². The van der Waals surface area contributed by atoms with E-state index in [0.717, 1.165) is 0 Å². The molecule has 6 heteroatoms. The second kappa shape index (κ2) is 4.68. The number of nitrogens with zero attached hydrogens (tertiary/aromatic N) is 2. The van der Waals surface area contributed by atoms with Crippen LogP contribution in [0.3, 0.4) is 0 Å². The second-order valence-electron chi connectivity index (χ2n) is 5.07. The summed E-state index contributed by atoms with van der Waals surface area (Å²) in [5, 5.41) is 9.07. The van der Waals surface area contributed by atoms with Crippen LogP contribution in [0.2, 0.25) is 0 Å². The van der Waals surface area contributed by atoms with Gasteiger partial charge in [0.25, 0.3) is 0 Å². The Hall–Kier alpha value is -1.43. The second-order valence-corrected chi connectivity index (χ2v) is 5.07. The van der Waals surface area contributed by atoms with Crippen LogP contribution in [-0.2, 0) is 14.4 Å². The average molecular weight is 254 g/mol. The summed E-state index contributed by atoms with van der Waals surface area (Å²) in [7, 11) is 0. The summed E-state index contributed by atoms with van der Waals surface area (Å²) in [6.07, 6.45) is 0.186. The van der Waals surface area contributed by atoms with Crippen molar-refractivity contribution in [3.63, 3.8) is 0 Å². The van der Waals surface area contributed by atoms with E-state index >= 15 is 0 Å². The van der Waals surface area contributed by atoms with Crippen LogP contribution in [0.25, 0.3) is 0 Å². The molecule has 100 valence electrons. The minimum absolute atomic E-state index is 0.0149. The third kappa shape index (κ3) is 2.01. The number of amides is 2. The van der Waals surface area contributed by atoms with E-state index in [2.05, 4.69) is 0 Å². The van der Waals surface area contributed by atoms with Gasteiger partial charge in [0.2, 0.25) is 11.8 Å². The molecular weight excluding hydrogens is 236 g/mol. The van der Waals surface area contributed by atoms with Gasteiger partial charge in [-0.2, -0.15) is 0 Å². The molecule has 1 N–H and O–H groups in total. The highest BCUT2D eigenvalue weighted by Crippen LogP contribution is 2.29. The van der Waals surface area contributed by atoms with Crippen molar-refractivity contribution in [3.8, 4) is 0 Å². The van der Waals surface area contributed by atoms with Crippen molar-refractivity contribution in [2.75, 3.05) is 19.6 Å². The SMILES string of the molecule is CCN1C(=O)CC(N2CC(C)C(C(=O)O)C2)C1=O. The molecule has 0 aliphatic carbocycles. The van der Waals surface area contributed by atoms with Gasteiger partial charge in [0.05, 0.1) is 18.4 Å². The van der Waals surface area contributed by atoms with Crippen molar-refractivity contribution < 1.29 is 19.5 Å². The zero-order chi connectivity index (χ0) is 13.4. The van der Waals surface area contributed by atoms with Crippen LogP contribution in [0, 0.1) is 11.8 Å². The molecule has 2 heterocycles. The number of aliphatic carboxylic acids is 1. The molecule has 3 unspecified atom stereocenters. The van der Waals surface area contributed by atoms with Crippen LogP contribution >= 0.6 is 0 Å². The molecule has 2 amide bonds. The lowest BCUT2D eigenvalue weighted by Crippen LogP contribution is -2.41. The van der Waals surface area contributed by atoms with E-state index < -0.39 is 17.9 Å². The van der Waals surface area contributed by atoms with Gasteiger partial charge in [-0.15, -0.1) is 0 Å². The summed E-state index contributed by atoms with van der Waals surface area (Å²) >= 11 is 0. The van der Waals surface area contributed by atoms with Gasteiger partial charge in [0, 0.05) is 19.6 Å². The van der Waals surface area contributed by atoms with Crippen molar-refractivity contribution in [1.82, 2.24) is 9.80 Å². The van der Waals surface area contributed by atoms with Crippen molar-refractivity contribution in [3.05, 3.63) is 0 Å². The van der Waals surface area contributed by atoms with Gasteiger partial charge in [-0.3, -0.25) is 24.2 Å². The molecule has 2 aliphatic heterocycles. The van der Waals surface area contributed by atoms with Crippen LogP contribution in [-0.4, -0.2) is 58.4 Å². The highest BCUT2D eigenvalue weighted by Gasteiger charge is 2.46. The van der Waals surface area contributed by atoms with Gasteiger partial charge < -0.3 is 5.11 Å². The topological polar surface area (TPSA) is 77.9 Å². The van der Waals surface area contributed by atoms with Gasteiger partial charge in [-0.05, 0) is 12.8 Å². The summed E-state index contributed by atoms with van der Waals surface area (Å²) in [4.78, 5) is 37.8. The monoisotopic (exact) mass is 254 g/mol. The predicted molar refractivity (Wildman–Crippen MR) is 62.7 cm³/mol. The molecule has 0 aromatic carbocycles. The summed E-state index contributed by atoms with van der Waals surface area (Å²) in [5.41, 5.74) is 0. The molecule has 2 saturated heterocycles. The van der Waals surface area contributed by atoms with Crippen LogP contribution < -0.4 is 0 Å². The first-order chi connectivity index (χ1) is 8.45. The quantitative estimate of drug-likeness (QED) is 0.705. The van der Waals surface area contributed by atoms with E-state index in [1.165, 1.54) is 4.90 Å². The number of hydrogen-bond acceptors (Lipinski definition) is 4. The van der Waals surface area contributed by atoms with Crippen molar-refractivity contribution in [1.29, 1.82) is 0 Å². The first kappa shape index (κ1) is 13.0. The van der Waals surface area contributed by atoms with Gasteiger partial charge in [0.15, 0.2) is 0 Å². The van der Waals surface area contributed by atoms with Crippen molar-refractivity contribution in [2.24, 2.45) is 11.8 Å². The Labute approximate surface area is 106 Å². The number of carbonyl (C=O) groups is 3. The Morgan fingerprint density at radius 2 is 2.06 bits per heavy atom. The molecule has 6 nitrogen and oxygen atoms in total. The fourth-order valence-electron chi connectivity index (χ4n) is 2.86. The molecule has 2 aliphatic rings. The Morgan fingerprint density at radius 3 is 2.50 bits per heavy atom. The zero-order valence-electron chi connectivity index (χ0n) is 10.6. The number of rotatable bonds is 3. The molecule has 0 bridgehead atoms. The lowest BCUT2D eigenvalue weighted by Gasteiger charge is -2.21. The Morgan fingerprint density at radius 1 is 1.39 bits per heavy atom. The molecule has 0 saturated carbocycles. The van der Waals surface area contributed by atoms with Crippen molar-refractivity contribution in [2.45, 2.75) is 26.3 Å². The fraction of sp³-hybridized carbons (Fsp3) is 0.750. The predicted octanol–water partition coefficient (Wildman–Crippen LogP) is -0.214. The van der Waals surface area contributed by atoms with Crippen LogP contribution in [0.15, 0.2) is 0 Å². The van der Waals surface area contributed by atoms with Crippen LogP contribution in [0.5, 0.6) is 0 Å². The summed E-state index contributed by atoms with van der Waals surface area (Å²) in [6, 6.07) is -0.454. The maximum absolute atomic E-state index is 12.0. The zero-order valence-corrected chi connectivity index (χ0v) is 10.6. The molecule has 0 radical (unpaired) electrons. The third-order valence-corrected chi connectivity index (χ3v) is 3.93. The molecule has 0 spiro atoms. The van der Waals surface area contributed by atoms with E-state index in [4.69, 9.17) is 5.11 Å². The molecule has 18 heavy (non-hydrogen) atoms. The largest absolute Gasteiger partial charge is 0.481 e. The standard InChI is InChI=1S/C12H18N2O4/c1-3-14-10(15)4-9(11(14)16)13-5-7(2)8(6-13)12(17)18/h7-9H,3-6H2,1-2H3,(H,17,18). The smallest absolute Gasteiger partial charge is 0.308 e. The summed E-state index contributed by atoms with van der Waals surface area (Å²) in [5.74, 6) is -1.58. The van der Waals surface area contributed by atoms with E-state index in [1.54, 1.807) is 6.92 Å². The highest BCUT2D eigenvalue weighted by atomic mass is 16.4. The lowest BCUT2D eigenvalue weighted by molar-refractivity contribution is -0.143. The van der Waals surface area contributed by atoms with Gasteiger partial charge in [0.1, 0.15) is 0 Å². The highest BCUT2D eigenvalue weighted by molar-refractivity contribution is 6.05. The Kier molecular flexibility index (Phi) is 3.38. The lowest BCUT2D eigenvalue weighted by atomic mass is 9.99. The average Bonchev–Trinajstić information content (AvgIpc) is 2.80. The number of carboxylic acids is 1. The van der Waals surface area contributed by atoms with E-state index in [0.29, 0.717) is 19.6 Å². The summed E-state index contributed by atoms with van der Waals surface area (Å²) < 4.78 is 0.